The average Bonchev–Trinajstić information content (AvgIpc) is 2.81. The van der Waals surface area contributed by atoms with Crippen molar-refractivity contribution in [1.29, 1.82) is 0 Å². The second-order valence-corrected chi connectivity index (χ2v) is 5.29. The Labute approximate surface area is 117 Å². The summed E-state index contributed by atoms with van der Waals surface area (Å²) in [6.07, 6.45) is 0. The molecule has 3 aromatic carbocycles. The lowest BCUT2D eigenvalue weighted by Crippen LogP contribution is -1.77. The first-order valence-corrected chi connectivity index (χ1v) is 6.73. The minimum absolute atomic E-state index is 0.931. The molecule has 0 aliphatic heterocycles. The van der Waals surface area contributed by atoms with Gasteiger partial charge in [0.25, 0.3) is 0 Å². The lowest BCUT2D eigenvalue weighted by Gasteiger charge is -1.99. The van der Waals surface area contributed by atoms with Gasteiger partial charge in [0.05, 0.1) is 0 Å². The van der Waals surface area contributed by atoms with Crippen molar-refractivity contribution in [2.45, 2.75) is 6.92 Å². The van der Waals surface area contributed by atoms with Gasteiger partial charge in [-0.3, -0.25) is 0 Å². The van der Waals surface area contributed by atoms with Crippen molar-refractivity contribution in [2.75, 3.05) is 0 Å². The quantitative estimate of drug-likeness (QED) is 0.422. The fourth-order valence-corrected chi connectivity index (χ4v) is 2.73. The topological polar surface area (TPSA) is 13.1 Å². The second kappa shape index (κ2) is 3.97. The first-order valence-electron chi connectivity index (χ1n) is 6.73. The molecule has 0 N–H and O–H groups in total. The zero-order chi connectivity index (χ0) is 13.7. The van der Waals surface area contributed by atoms with Gasteiger partial charge in [0.1, 0.15) is 11.2 Å². The summed E-state index contributed by atoms with van der Waals surface area (Å²) in [5.74, 6) is 0. The molecule has 0 radical (unpaired) electrons. The van der Waals surface area contributed by atoms with Crippen LogP contribution in [0.25, 0.3) is 38.3 Å². The maximum atomic E-state index is 5.97. The Morgan fingerprint density at radius 2 is 1.55 bits per heavy atom. The molecule has 1 aromatic heterocycles. The highest BCUT2D eigenvalue weighted by Crippen LogP contribution is 2.33. The average molecular weight is 258 g/mol. The van der Waals surface area contributed by atoms with Crippen LogP contribution in [-0.2, 0) is 0 Å². The predicted octanol–water partition coefficient (Wildman–Crippen LogP) is 5.77. The molecule has 96 valence electrons. The molecule has 0 fully saturated rings. The number of hydrogen-bond donors (Lipinski definition) is 0. The van der Waals surface area contributed by atoms with Gasteiger partial charge in [-0.05, 0) is 47.5 Å². The molecule has 1 nitrogen and oxygen atoms in total. The summed E-state index contributed by atoms with van der Waals surface area (Å²) in [6.45, 7) is 6.04. The van der Waals surface area contributed by atoms with E-state index in [0.717, 1.165) is 27.7 Å². The maximum Gasteiger partial charge on any atom is 0.136 e. The Kier molecular flexibility index (Phi) is 2.25. The zero-order valence-electron chi connectivity index (χ0n) is 11.3. The first kappa shape index (κ1) is 11.3. The number of benzene rings is 3. The molecule has 0 atom stereocenters. The zero-order valence-corrected chi connectivity index (χ0v) is 11.3. The molecule has 0 saturated carbocycles. The summed E-state index contributed by atoms with van der Waals surface area (Å²) in [6, 6.07) is 18.9. The van der Waals surface area contributed by atoms with Gasteiger partial charge < -0.3 is 4.42 Å². The van der Waals surface area contributed by atoms with E-state index in [1.807, 2.05) is 13.0 Å². The van der Waals surface area contributed by atoms with E-state index in [2.05, 4.69) is 55.1 Å². The number of fused-ring (bicyclic) bond motifs is 4. The van der Waals surface area contributed by atoms with Crippen molar-refractivity contribution in [1.82, 2.24) is 0 Å². The van der Waals surface area contributed by atoms with Crippen molar-refractivity contribution in [3.05, 3.63) is 66.7 Å². The SMILES string of the molecule is C=C(C)c1ccc2oc3cc4ccccc4cc3c2c1. The van der Waals surface area contributed by atoms with Crippen molar-refractivity contribution in [3.63, 3.8) is 0 Å². The number of hydrogen-bond acceptors (Lipinski definition) is 1. The largest absolute Gasteiger partial charge is 0.456 e. The fraction of sp³-hybridized carbons (Fsp3) is 0.0526. The molecule has 0 spiro atoms. The Bertz CT molecular complexity index is 973. The molecular weight excluding hydrogens is 244 g/mol. The van der Waals surface area contributed by atoms with Gasteiger partial charge in [0.2, 0.25) is 0 Å². The lowest BCUT2D eigenvalue weighted by molar-refractivity contribution is 0.669. The molecule has 0 aliphatic rings. The fourth-order valence-electron chi connectivity index (χ4n) is 2.73. The molecular formula is C19H14O. The van der Waals surface area contributed by atoms with Crippen molar-refractivity contribution < 1.29 is 4.42 Å². The minimum atomic E-state index is 0.931. The third-order valence-corrected chi connectivity index (χ3v) is 3.83. The van der Waals surface area contributed by atoms with E-state index < -0.39 is 0 Å². The molecule has 0 unspecified atom stereocenters. The Morgan fingerprint density at radius 1 is 0.850 bits per heavy atom. The number of furan rings is 1. The molecule has 4 aromatic rings. The van der Waals surface area contributed by atoms with Crippen LogP contribution in [-0.4, -0.2) is 0 Å². The van der Waals surface area contributed by atoms with E-state index in [1.54, 1.807) is 0 Å². The van der Waals surface area contributed by atoms with Crippen LogP contribution >= 0.6 is 0 Å². The van der Waals surface area contributed by atoms with Gasteiger partial charge in [-0.15, -0.1) is 0 Å². The Morgan fingerprint density at radius 3 is 2.30 bits per heavy atom. The van der Waals surface area contributed by atoms with Crippen LogP contribution in [0.15, 0.2) is 65.6 Å². The normalized spacial score (nSPS) is 11.4. The number of allylic oxidation sites excluding steroid dienone is 1. The van der Waals surface area contributed by atoms with E-state index in [0.29, 0.717) is 0 Å². The molecule has 0 aliphatic carbocycles. The highest BCUT2D eigenvalue weighted by Gasteiger charge is 2.09. The molecule has 0 saturated heterocycles. The van der Waals surface area contributed by atoms with Crippen molar-refractivity contribution >= 4 is 38.3 Å². The smallest absolute Gasteiger partial charge is 0.136 e. The van der Waals surface area contributed by atoms with E-state index in [9.17, 15) is 0 Å². The van der Waals surface area contributed by atoms with Crippen LogP contribution in [0.3, 0.4) is 0 Å². The molecule has 0 amide bonds. The maximum absolute atomic E-state index is 5.97. The van der Waals surface area contributed by atoms with Crippen LogP contribution < -0.4 is 0 Å². The first-order chi connectivity index (χ1) is 9.72. The monoisotopic (exact) mass is 258 g/mol. The van der Waals surface area contributed by atoms with Gasteiger partial charge in [-0.2, -0.15) is 0 Å². The van der Waals surface area contributed by atoms with Gasteiger partial charge in [0, 0.05) is 10.8 Å². The molecule has 1 heterocycles. The third kappa shape index (κ3) is 1.56. The van der Waals surface area contributed by atoms with Crippen LogP contribution in [0.5, 0.6) is 0 Å². The molecule has 4 rings (SSSR count). The highest BCUT2D eigenvalue weighted by atomic mass is 16.3. The van der Waals surface area contributed by atoms with Crippen LogP contribution in [0.4, 0.5) is 0 Å². The standard InChI is InChI=1S/C19H14O/c1-12(2)13-7-8-18-16(9-13)17-10-14-5-3-4-6-15(14)11-19(17)20-18/h3-11H,1H2,2H3. The molecule has 20 heavy (non-hydrogen) atoms. The molecule has 1 heteroatoms. The summed E-state index contributed by atoms with van der Waals surface area (Å²) in [4.78, 5) is 0. The van der Waals surface area contributed by atoms with Crippen LogP contribution in [0, 0.1) is 0 Å². The van der Waals surface area contributed by atoms with Crippen molar-refractivity contribution in [3.8, 4) is 0 Å². The van der Waals surface area contributed by atoms with Crippen molar-refractivity contribution in [2.24, 2.45) is 0 Å². The van der Waals surface area contributed by atoms with E-state index >= 15 is 0 Å². The second-order valence-electron chi connectivity index (χ2n) is 5.29. The van der Waals surface area contributed by atoms with Gasteiger partial charge in [-0.1, -0.05) is 42.5 Å². The van der Waals surface area contributed by atoms with Gasteiger partial charge in [0.15, 0.2) is 0 Å². The van der Waals surface area contributed by atoms with E-state index in [1.165, 1.54) is 16.2 Å². The Balaban J connectivity index is 2.15. The van der Waals surface area contributed by atoms with E-state index in [-0.39, 0.29) is 0 Å². The lowest BCUT2D eigenvalue weighted by atomic mass is 10.0. The summed E-state index contributed by atoms with van der Waals surface area (Å²) < 4.78 is 5.97. The molecule has 0 bridgehead atoms. The highest BCUT2D eigenvalue weighted by molar-refractivity contribution is 6.10. The van der Waals surface area contributed by atoms with E-state index in [4.69, 9.17) is 4.42 Å². The predicted molar refractivity (Wildman–Crippen MR) is 85.9 cm³/mol. The third-order valence-electron chi connectivity index (χ3n) is 3.83. The van der Waals surface area contributed by atoms with Gasteiger partial charge >= 0.3 is 0 Å². The van der Waals surface area contributed by atoms with Crippen LogP contribution in [0.1, 0.15) is 12.5 Å². The minimum Gasteiger partial charge on any atom is -0.456 e. The summed E-state index contributed by atoms with van der Waals surface area (Å²) in [5.41, 5.74) is 4.10. The summed E-state index contributed by atoms with van der Waals surface area (Å²) in [7, 11) is 0. The Hall–Kier alpha value is -2.54. The number of rotatable bonds is 1. The van der Waals surface area contributed by atoms with Gasteiger partial charge in [-0.25, -0.2) is 0 Å². The summed E-state index contributed by atoms with van der Waals surface area (Å²) >= 11 is 0. The summed E-state index contributed by atoms with van der Waals surface area (Å²) in [5, 5.41) is 4.77. The van der Waals surface area contributed by atoms with Crippen LogP contribution in [0.2, 0.25) is 0 Å².